The van der Waals surface area contributed by atoms with Crippen molar-refractivity contribution in [3.8, 4) is 11.1 Å². The summed E-state index contributed by atoms with van der Waals surface area (Å²) in [5.41, 5.74) is 0.828. The van der Waals surface area contributed by atoms with E-state index in [1.54, 1.807) is 24.3 Å². The number of ketones is 1. The fraction of sp³-hybridized carbons (Fsp3) is 0.200. The van der Waals surface area contributed by atoms with E-state index in [1.807, 2.05) is 6.92 Å². The number of anilines is 1. The molecule has 8 nitrogen and oxygen atoms in total. The molecule has 0 bridgehead atoms. The van der Waals surface area contributed by atoms with Crippen molar-refractivity contribution < 1.29 is 14.4 Å². The van der Waals surface area contributed by atoms with Crippen LogP contribution in [0.3, 0.4) is 0 Å². The highest BCUT2D eigenvalue weighted by Crippen LogP contribution is 2.42. The van der Waals surface area contributed by atoms with Gasteiger partial charge in [-0.25, -0.2) is 9.97 Å². The van der Waals surface area contributed by atoms with Crippen molar-refractivity contribution >= 4 is 75.9 Å². The van der Waals surface area contributed by atoms with Gasteiger partial charge in [-0.2, -0.15) is 10.1 Å². The fourth-order valence-electron chi connectivity index (χ4n) is 3.68. The number of unbranched alkanes of at least 4 members (excludes halogenated alkanes) is 1. The van der Waals surface area contributed by atoms with E-state index in [-0.39, 0.29) is 50.9 Å². The van der Waals surface area contributed by atoms with Gasteiger partial charge in [-0.1, -0.05) is 77.9 Å². The number of hydrazone groups is 1. The van der Waals surface area contributed by atoms with Gasteiger partial charge in [0.2, 0.25) is 0 Å². The predicted molar refractivity (Wildman–Crippen MR) is 145 cm³/mol. The first-order valence-electron chi connectivity index (χ1n) is 11.2. The van der Waals surface area contributed by atoms with Crippen molar-refractivity contribution in [2.75, 3.05) is 5.01 Å². The van der Waals surface area contributed by atoms with E-state index in [4.69, 9.17) is 46.4 Å². The Bertz CT molecular complexity index is 1410. The molecule has 0 aliphatic carbocycles. The summed E-state index contributed by atoms with van der Waals surface area (Å²) in [7, 11) is 0. The number of rotatable bonds is 8. The van der Waals surface area contributed by atoms with Gasteiger partial charge < -0.3 is 0 Å². The molecule has 1 aliphatic rings. The molecule has 2 aromatic carbocycles. The van der Waals surface area contributed by atoms with Crippen LogP contribution in [0.15, 0.2) is 47.7 Å². The van der Waals surface area contributed by atoms with Gasteiger partial charge in [0.15, 0.2) is 16.6 Å². The van der Waals surface area contributed by atoms with E-state index < -0.39 is 11.8 Å². The van der Waals surface area contributed by atoms with Gasteiger partial charge in [0.1, 0.15) is 5.69 Å². The lowest BCUT2D eigenvalue weighted by molar-refractivity contribution is -0.128. The Morgan fingerprint density at radius 2 is 1.78 bits per heavy atom. The highest BCUT2D eigenvalue weighted by Gasteiger charge is 2.35. The zero-order valence-electron chi connectivity index (χ0n) is 19.4. The second kappa shape index (κ2) is 11.6. The van der Waals surface area contributed by atoms with Crippen molar-refractivity contribution in [1.29, 1.82) is 0 Å². The smallest absolute Gasteiger partial charge is 0.292 e. The fourth-order valence-corrected chi connectivity index (χ4v) is 4.92. The molecule has 0 spiro atoms. The Labute approximate surface area is 232 Å². The number of carbonyl (C=O) groups excluding carboxylic acids is 3. The number of benzene rings is 2. The lowest BCUT2D eigenvalue weighted by Crippen LogP contribution is -2.46. The summed E-state index contributed by atoms with van der Waals surface area (Å²) < 4.78 is 0. The van der Waals surface area contributed by atoms with Crippen LogP contribution in [0.1, 0.15) is 53.6 Å². The van der Waals surface area contributed by atoms with Gasteiger partial charge in [-0.15, -0.1) is 5.12 Å². The van der Waals surface area contributed by atoms with Crippen LogP contribution in [0, 0.1) is 0 Å². The van der Waals surface area contributed by atoms with Crippen molar-refractivity contribution in [2.45, 2.75) is 32.6 Å². The minimum absolute atomic E-state index is 0.0152. The summed E-state index contributed by atoms with van der Waals surface area (Å²) in [5, 5.41) is 6.54. The summed E-state index contributed by atoms with van der Waals surface area (Å²) in [6, 6.07) is 9.71. The molecule has 0 unspecified atom stereocenters. The number of amides is 2. The normalized spacial score (nSPS) is 12.8. The Kier molecular flexibility index (Phi) is 8.44. The van der Waals surface area contributed by atoms with Crippen LogP contribution in [0.25, 0.3) is 11.1 Å². The molecule has 1 aliphatic heterocycles. The average Bonchev–Trinajstić information content (AvgIpc) is 3.28. The molecule has 0 saturated carbocycles. The van der Waals surface area contributed by atoms with Gasteiger partial charge in [0.05, 0.1) is 28.4 Å². The first kappa shape index (κ1) is 27.0. The predicted octanol–water partition coefficient (Wildman–Crippen LogP) is 6.91. The number of para-hydroxylation sites is 1. The molecule has 1 aromatic heterocycles. The quantitative estimate of drug-likeness (QED) is 0.271. The number of halogens is 4. The molecule has 190 valence electrons. The van der Waals surface area contributed by atoms with E-state index in [0.29, 0.717) is 22.6 Å². The Balaban J connectivity index is 1.83. The maximum Gasteiger partial charge on any atom is 0.300 e. The van der Waals surface area contributed by atoms with Crippen molar-refractivity contribution in [3.63, 3.8) is 0 Å². The van der Waals surface area contributed by atoms with E-state index in [1.165, 1.54) is 24.5 Å². The van der Waals surface area contributed by atoms with E-state index in [0.717, 1.165) is 16.5 Å². The summed E-state index contributed by atoms with van der Waals surface area (Å²) in [6.07, 6.45) is 4.37. The van der Waals surface area contributed by atoms with Gasteiger partial charge >= 0.3 is 5.91 Å². The molecule has 0 atom stereocenters. The molecule has 3 aromatic rings. The second-order valence-corrected chi connectivity index (χ2v) is 9.59. The molecule has 0 fully saturated rings. The molecule has 4 rings (SSSR count). The van der Waals surface area contributed by atoms with Crippen LogP contribution in [0.5, 0.6) is 0 Å². The summed E-state index contributed by atoms with van der Waals surface area (Å²) in [6.45, 7) is 1.96. The Morgan fingerprint density at radius 1 is 1.08 bits per heavy atom. The average molecular weight is 579 g/mol. The third kappa shape index (κ3) is 5.62. The minimum Gasteiger partial charge on any atom is -0.292 e. The molecule has 0 N–H and O–H groups in total. The first-order valence-corrected chi connectivity index (χ1v) is 12.7. The van der Waals surface area contributed by atoms with Crippen LogP contribution < -0.4 is 5.01 Å². The molecule has 37 heavy (non-hydrogen) atoms. The number of carbonyl (C=O) groups is 3. The zero-order chi connectivity index (χ0) is 26.7. The lowest BCUT2D eigenvalue weighted by Gasteiger charge is -2.30. The Hall–Kier alpha value is -3.04. The number of hydrazine groups is 1. The SMILES string of the molecule is CCCCC(=O)c1cnc(C(=O)N(c2ccccc2-c2c(Cl)cc(Cl)cc2Cl)N2N=CCC2=O)c(Cl)n1. The van der Waals surface area contributed by atoms with Gasteiger partial charge in [0.25, 0.3) is 5.91 Å². The number of nitrogens with zero attached hydrogens (tertiary/aromatic N) is 5. The molecule has 0 radical (unpaired) electrons. The standard InChI is InChI=1S/C25H19Cl4N5O3/c1-2-3-8-20(35)18-13-30-23(24(29)32-18)25(37)33(34-21(36)9-10-31-34)19-7-5-4-6-15(19)22-16(27)11-14(26)12-17(22)28/h4-7,10-13H,2-3,8-9H2,1H3. The van der Waals surface area contributed by atoms with Crippen LogP contribution in [-0.4, -0.2) is 38.9 Å². The lowest BCUT2D eigenvalue weighted by atomic mass is 10.0. The summed E-state index contributed by atoms with van der Waals surface area (Å²) in [5.74, 6) is -1.50. The van der Waals surface area contributed by atoms with Crippen molar-refractivity contribution in [1.82, 2.24) is 15.1 Å². The van der Waals surface area contributed by atoms with Crippen LogP contribution in [0.4, 0.5) is 5.69 Å². The summed E-state index contributed by atoms with van der Waals surface area (Å²) in [4.78, 5) is 47.2. The van der Waals surface area contributed by atoms with Crippen molar-refractivity contribution in [2.24, 2.45) is 5.10 Å². The topological polar surface area (TPSA) is 95.8 Å². The van der Waals surface area contributed by atoms with Crippen molar-refractivity contribution in [3.05, 3.63) is 74.2 Å². The van der Waals surface area contributed by atoms with Crippen LogP contribution in [-0.2, 0) is 4.79 Å². The van der Waals surface area contributed by atoms with Gasteiger partial charge in [-0.3, -0.25) is 14.4 Å². The van der Waals surface area contributed by atoms with E-state index in [9.17, 15) is 14.4 Å². The zero-order valence-corrected chi connectivity index (χ0v) is 22.4. The number of hydrogen-bond acceptors (Lipinski definition) is 6. The highest BCUT2D eigenvalue weighted by atomic mass is 35.5. The molecular weight excluding hydrogens is 560 g/mol. The van der Waals surface area contributed by atoms with E-state index in [2.05, 4.69) is 15.1 Å². The number of Topliss-reactive ketones (excluding diaryl/α,β-unsaturated/α-hetero) is 1. The van der Waals surface area contributed by atoms with Crippen LogP contribution >= 0.6 is 46.4 Å². The largest absolute Gasteiger partial charge is 0.300 e. The van der Waals surface area contributed by atoms with Crippen LogP contribution in [0.2, 0.25) is 20.2 Å². The number of aromatic nitrogens is 2. The van der Waals surface area contributed by atoms with Gasteiger partial charge in [0, 0.05) is 28.8 Å². The minimum atomic E-state index is -0.800. The van der Waals surface area contributed by atoms with E-state index >= 15 is 0 Å². The summed E-state index contributed by atoms with van der Waals surface area (Å²) >= 11 is 25.4. The molecule has 2 heterocycles. The third-order valence-corrected chi connectivity index (χ3v) is 6.52. The highest BCUT2D eigenvalue weighted by molar-refractivity contribution is 6.42. The van der Waals surface area contributed by atoms with Gasteiger partial charge in [-0.05, 0) is 24.6 Å². The third-order valence-electron chi connectivity index (χ3n) is 5.45. The second-order valence-electron chi connectivity index (χ2n) is 7.99. The molecule has 12 heteroatoms. The molecule has 2 amide bonds. The monoisotopic (exact) mass is 577 g/mol. The first-order chi connectivity index (χ1) is 17.7. The number of hydrogen-bond donors (Lipinski definition) is 0. The maximum atomic E-state index is 13.9. The Morgan fingerprint density at radius 3 is 2.41 bits per heavy atom. The molecule has 0 saturated heterocycles. The maximum absolute atomic E-state index is 13.9. The molecular formula is C25H19Cl4N5O3.